The van der Waals surface area contributed by atoms with Gasteiger partial charge in [0.2, 0.25) is 0 Å². The predicted octanol–water partition coefficient (Wildman–Crippen LogP) is 3.34. The van der Waals surface area contributed by atoms with Crippen molar-refractivity contribution >= 4 is 23.6 Å². The van der Waals surface area contributed by atoms with E-state index in [0.717, 1.165) is 0 Å². The highest BCUT2D eigenvalue weighted by atomic mass is 16.8. The molecule has 2 aromatic rings. The first-order valence-corrected chi connectivity index (χ1v) is 10.5. The molecule has 2 amide bonds. The van der Waals surface area contributed by atoms with Gasteiger partial charge < -0.3 is 24.3 Å². The van der Waals surface area contributed by atoms with Crippen molar-refractivity contribution in [3.8, 4) is 0 Å². The number of benzene rings is 2. The average Bonchev–Trinajstić information content (AvgIpc) is 3.01. The minimum atomic E-state index is -0.915. The zero-order chi connectivity index (χ0) is 22.6. The highest BCUT2D eigenvalue weighted by Crippen LogP contribution is 2.34. The van der Waals surface area contributed by atoms with Crippen molar-refractivity contribution in [3.63, 3.8) is 0 Å². The zero-order valence-electron chi connectivity index (χ0n) is 17.9. The van der Waals surface area contributed by atoms with Gasteiger partial charge in [-0.2, -0.15) is 0 Å². The molecule has 0 radical (unpaired) electrons. The molecule has 0 spiro atoms. The molecule has 0 aromatic heterocycles. The van der Waals surface area contributed by atoms with E-state index in [1.807, 2.05) is 36.4 Å². The summed E-state index contributed by atoms with van der Waals surface area (Å²) < 4.78 is 23.4. The lowest BCUT2D eigenvalue weighted by molar-refractivity contribution is -0.161. The minimum Gasteiger partial charge on any atom is -0.442 e. The summed E-state index contributed by atoms with van der Waals surface area (Å²) in [5, 5.41) is 8.57. The van der Waals surface area contributed by atoms with Gasteiger partial charge in [0.15, 0.2) is 5.79 Å². The summed E-state index contributed by atoms with van der Waals surface area (Å²) >= 11 is 0. The van der Waals surface area contributed by atoms with Gasteiger partial charge in [0.1, 0.15) is 24.4 Å². The molecular formula is C23H27N3O6. The maximum absolute atomic E-state index is 12.5. The fourth-order valence-electron chi connectivity index (χ4n) is 3.82. The molecule has 0 aliphatic carbocycles. The van der Waals surface area contributed by atoms with Crippen LogP contribution < -0.4 is 16.0 Å². The molecule has 4 atom stereocenters. The van der Waals surface area contributed by atoms with Crippen LogP contribution in [0.1, 0.15) is 13.8 Å². The summed E-state index contributed by atoms with van der Waals surface area (Å²) in [6.07, 6.45) is -3.72. The van der Waals surface area contributed by atoms with Crippen molar-refractivity contribution in [1.82, 2.24) is 5.32 Å². The molecule has 9 heteroatoms. The van der Waals surface area contributed by atoms with Crippen LogP contribution in [-0.2, 0) is 18.9 Å². The van der Waals surface area contributed by atoms with Gasteiger partial charge in [-0.3, -0.25) is 10.6 Å². The summed E-state index contributed by atoms with van der Waals surface area (Å²) in [6, 6.07) is 18.1. The van der Waals surface area contributed by atoms with Crippen LogP contribution in [0.2, 0.25) is 0 Å². The highest BCUT2D eigenvalue weighted by molar-refractivity contribution is 5.85. The predicted molar refractivity (Wildman–Crippen MR) is 117 cm³/mol. The van der Waals surface area contributed by atoms with E-state index < -0.39 is 42.4 Å². The van der Waals surface area contributed by atoms with Gasteiger partial charge in [0, 0.05) is 24.5 Å². The van der Waals surface area contributed by atoms with Crippen molar-refractivity contribution in [3.05, 3.63) is 60.7 Å². The SMILES string of the molecule is CC1(C)O[C@H]2[C@H](O1)[C@@H](OC(=O)Nc1ccccc1)CNC[C@@H]2OC(=O)Nc1ccccc1. The van der Waals surface area contributed by atoms with Crippen molar-refractivity contribution in [2.24, 2.45) is 0 Å². The second-order valence-corrected chi connectivity index (χ2v) is 8.09. The first-order chi connectivity index (χ1) is 15.4. The van der Waals surface area contributed by atoms with Gasteiger partial charge in [0.25, 0.3) is 0 Å². The molecule has 32 heavy (non-hydrogen) atoms. The van der Waals surface area contributed by atoms with Crippen LogP contribution in [-0.4, -0.2) is 55.5 Å². The van der Waals surface area contributed by atoms with Crippen molar-refractivity contribution in [2.45, 2.75) is 44.1 Å². The average molecular weight is 441 g/mol. The van der Waals surface area contributed by atoms with E-state index in [4.69, 9.17) is 18.9 Å². The molecule has 2 saturated heterocycles. The molecule has 2 aromatic carbocycles. The molecule has 170 valence electrons. The third-order valence-corrected chi connectivity index (χ3v) is 5.14. The fourth-order valence-corrected chi connectivity index (χ4v) is 3.82. The number of fused-ring (bicyclic) bond motifs is 1. The molecular weight excluding hydrogens is 414 g/mol. The van der Waals surface area contributed by atoms with Gasteiger partial charge >= 0.3 is 12.2 Å². The molecule has 9 nitrogen and oxygen atoms in total. The zero-order valence-corrected chi connectivity index (χ0v) is 17.9. The number of carbonyl (C=O) groups excluding carboxylic acids is 2. The third kappa shape index (κ3) is 5.56. The Morgan fingerprint density at radius 3 is 1.62 bits per heavy atom. The van der Waals surface area contributed by atoms with E-state index in [9.17, 15) is 9.59 Å². The van der Waals surface area contributed by atoms with E-state index in [1.54, 1.807) is 38.1 Å². The molecule has 0 bridgehead atoms. The lowest BCUT2D eigenvalue weighted by Crippen LogP contribution is -2.46. The van der Waals surface area contributed by atoms with Gasteiger partial charge in [-0.25, -0.2) is 9.59 Å². The Bertz CT molecular complexity index is 850. The monoisotopic (exact) mass is 441 g/mol. The summed E-state index contributed by atoms with van der Waals surface area (Å²) in [4.78, 5) is 24.9. The number of carbonyl (C=O) groups is 2. The molecule has 4 rings (SSSR count). The Morgan fingerprint density at radius 1 is 0.812 bits per heavy atom. The Labute approximate surface area is 186 Å². The second kappa shape index (κ2) is 9.56. The van der Waals surface area contributed by atoms with Crippen LogP contribution in [0.5, 0.6) is 0 Å². The number of ether oxygens (including phenoxy) is 4. The first kappa shape index (κ1) is 22.1. The molecule has 0 saturated carbocycles. The van der Waals surface area contributed by atoms with Crippen molar-refractivity contribution in [1.29, 1.82) is 0 Å². The Kier molecular flexibility index (Phi) is 6.59. The largest absolute Gasteiger partial charge is 0.442 e. The number of para-hydroxylation sites is 2. The van der Waals surface area contributed by atoms with E-state index in [-0.39, 0.29) is 0 Å². The number of anilines is 2. The van der Waals surface area contributed by atoms with Crippen LogP contribution in [0.4, 0.5) is 21.0 Å². The molecule has 2 aliphatic rings. The van der Waals surface area contributed by atoms with E-state index >= 15 is 0 Å². The fraction of sp³-hybridized carbons (Fsp3) is 0.391. The molecule has 2 fully saturated rings. The summed E-state index contributed by atoms with van der Waals surface area (Å²) in [6.45, 7) is 4.19. The van der Waals surface area contributed by atoms with Gasteiger partial charge in [-0.1, -0.05) is 36.4 Å². The second-order valence-electron chi connectivity index (χ2n) is 8.09. The van der Waals surface area contributed by atoms with Crippen LogP contribution in [0.3, 0.4) is 0 Å². The summed E-state index contributed by atoms with van der Waals surface area (Å²) in [5.41, 5.74) is 1.25. The number of hydrogen-bond donors (Lipinski definition) is 3. The van der Waals surface area contributed by atoms with Crippen LogP contribution in [0.25, 0.3) is 0 Å². The topological polar surface area (TPSA) is 107 Å². The number of amides is 2. The molecule has 3 N–H and O–H groups in total. The van der Waals surface area contributed by atoms with Crippen LogP contribution >= 0.6 is 0 Å². The molecule has 2 aliphatic heterocycles. The van der Waals surface area contributed by atoms with Crippen LogP contribution in [0, 0.1) is 0 Å². The van der Waals surface area contributed by atoms with Gasteiger partial charge in [-0.15, -0.1) is 0 Å². The number of rotatable bonds is 4. The number of nitrogens with one attached hydrogen (secondary N) is 3. The standard InChI is InChI=1S/C23H27N3O6/c1-23(2)31-19-17(29-21(27)25-15-9-5-3-6-10-15)13-24-14-18(20(19)32-23)30-22(28)26-16-11-7-4-8-12-16/h3-12,17-20,24H,13-14H2,1-2H3,(H,25,27)(H,26,28)/t17-,18-,19+,20+/m0/s1. The lowest BCUT2D eigenvalue weighted by atomic mass is 10.1. The summed E-state index contributed by atoms with van der Waals surface area (Å²) in [7, 11) is 0. The van der Waals surface area contributed by atoms with E-state index in [2.05, 4.69) is 16.0 Å². The van der Waals surface area contributed by atoms with E-state index in [1.165, 1.54) is 0 Å². The van der Waals surface area contributed by atoms with E-state index in [0.29, 0.717) is 24.5 Å². The van der Waals surface area contributed by atoms with Gasteiger partial charge in [0.05, 0.1) is 0 Å². The summed E-state index contributed by atoms with van der Waals surface area (Å²) in [5.74, 6) is -0.915. The Balaban J connectivity index is 1.42. The third-order valence-electron chi connectivity index (χ3n) is 5.14. The Morgan fingerprint density at radius 2 is 1.22 bits per heavy atom. The molecule has 2 heterocycles. The van der Waals surface area contributed by atoms with Crippen molar-refractivity contribution < 1.29 is 28.5 Å². The van der Waals surface area contributed by atoms with Crippen LogP contribution in [0.15, 0.2) is 60.7 Å². The normalized spacial score (nSPS) is 26.3. The Hall–Kier alpha value is -3.14. The lowest BCUT2D eigenvalue weighted by Gasteiger charge is -2.26. The minimum absolute atomic E-state index is 0.322. The number of hydrogen-bond acceptors (Lipinski definition) is 7. The first-order valence-electron chi connectivity index (χ1n) is 10.5. The molecule has 0 unspecified atom stereocenters. The smallest absolute Gasteiger partial charge is 0.412 e. The van der Waals surface area contributed by atoms with Crippen molar-refractivity contribution in [2.75, 3.05) is 23.7 Å². The van der Waals surface area contributed by atoms with Gasteiger partial charge in [-0.05, 0) is 38.1 Å². The highest BCUT2D eigenvalue weighted by Gasteiger charge is 2.52. The quantitative estimate of drug-likeness (QED) is 0.668. The maximum Gasteiger partial charge on any atom is 0.412 e. The maximum atomic E-state index is 12.5.